The van der Waals surface area contributed by atoms with Crippen LogP contribution >= 0.6 is 0 Å². The van der Waals surface area contributed by atoms with Crippen molar-refractivity contribution in [3.05, 3.63) is 59.9 Å². The molecule has 142 valence electrons. The predicted molar refractivity (Wildman–Crippen MR) is 107 cm³/mol. The van der Waals surface area contributed by atoms with Gasteiger partial charge in [-0.1, -0.05) is 26.0 Å². The maximum absolute atomic E-state index is 11.1. The zero-order valence-corrected chi connectivity index (χ0v) is 16.3. The van der Waals surface area contributed by atoms with Gasteiger partial charge in [0.15, 0.2) is 0 Å². The first-order valence-corrected chi connectivity index (χ1v) is 9.68. The highest BCUT2D eigenvalue weighted by atomic mass is 16.3. The van der Waals surface area contributed by atoms with E-state index in [0.29, 0.717) is 11.9 Å². The van der Waals surface area contributed by atoms with E-state index in [1.54, 1.807) is 0 Å². The van der Waals surface area contributed by atoms with Gasteiger partial charge in [-0.2, -0.15) is 0 Å². The molecule has 1 aliphatic carbocycles. The van der Waals surface area contributed by atoms with Gasteiger partial charge in [-0.15, -0.1) is 0 Å². The average molecular weight is 373 g/mol. The first kappa shape index (κ1) is 17.3. The van der Waals surface area contributed by atoms with Gasteiger partial charge in [0.05, 0.1) is 5.69 Å². The molecule has 1 aliphatic heterocycles. The Morgan fingerprint density at radius 2 is 1.64 bits per heavy atom. The molecule has 0 saturated heterocycles. The lowest BCUT2D eigenvalue weighted by Crippen LogP contribution is -2.39. The lowest BCUT2D eigenvalue weighted by Gasteiger charge is -2.28. The third kappa shape index (κ3) is 2.67. The van der Waals surface area contributed by atoms with Gasteiger partial charge in [-0.3, -0.25) is 4.90 Å². The minimum atomic E-state index is -0.737. The second-order valence-corrected chi connectivity index (χ2v) is 8.31. The highest BCUT2D eigenvalue weighted by Gasteiger charge is 2.45. The number of rotatable bonds is 3. The molecule has 6 nitrogen and oxygen atoms in total. The molecule has 2 aliphatic rings. The summed E-state index contributed by atoms with van der Waals surface area (Å²) in [6, 6.07) is 6.20. The third-order valence-corrected chi connectivity index (χ3v) is 5.88. The van der Waals surface area contributed by atoms with E-state index in [1.807, 2.05) is 50.5 Å². The monoisotopic (exact) mass is 373 g/mol. The van der Waals surface area contributed by atoms with Crippen LogP contribution in [0.2, 0.25) is 0 Å². The summed E-state index contributed by atoms with van der Waals surface area (Å²) in [5, 5.41) is 11.1. The summed E-state index contributed by atoms with van der Waals surface area (Å²) >= 11 is 0. The molecule has 0 bridgehead atoms. The van der Waals surface area contributed by atoms with E-state index in [9.17, 15) is 5.11 Å². The quantitative estimate of drug-likeness (QED) is 0.751. The highest BCUT2D eigenvalue weighted by molar-refractivity contribution is 5.76. The molecule has 2 aromatic heterocycles. The van der Waals surface area contributed by atoms with Gasteiger partial charge in [-0.25, -0.2) is 19.9 Å². The van der Waals surface area contributed by atoms with Crippen molar-refractivity contribution in [3.8, 4) is 11.1 Å². The zero-order valence-electron chi connectivity index (χ0n) is 16.3. The van der Waals surface area contributed by atoms with Crippen LogP contribution in [-0.4, -0.2) is 31.3 Å². The molecule has 1 atom stereocenters. The summed E-state index contributed by atoms with van der Waals surface area (Å²) in [6.07, 6.45) is 9.14. The minimum Gasteiger partial charge on any atom is -0.372 e. The van der Waals surface area contributed by atoms with Crippen molar-refractivity contribution in [1.29, 1.82) is 0 Å². The van der Waals surface area contributed by atoms with E-state index >= 15 is 0 Å². The van der Waals surface area contributed by atoms with E-state index in [-0.39, 0.29) is 0 Å². The van der Waals surface area contributed by atoms with E-state index in [2.05, 4.69) is 38.1 Å². The first-order valence-electron chi connectivity index (χ1n) is 9.68. The van der Waals surface area contributed by atoms with Gasteiger partial charge in [0, 0.05) is 35.8 Å². The maximum atomic E-state index is 11.1. The summed E-state index contributed by atoms with van der Waals surface area (Å²) < 4.78 is 0. The van der Waals surface area contributed by atoms with Gasteiger partial charge in [0.2, 0.25) is 5.95 Å². The molecule has 3 heterocycles. The maximum Gasteiger partial charge on any atom is 0.232 e. The SMILES string of the molecule is Cc1ncc(-c2ccc3c(c2)N(c2ncc(C4CC4)cn2)C(O)C3(C)C)cn1. The molecular weight excluding hydrogens is 350 g/mol. The number of aliphatic hydroxyl groups excluding tert-OH is 1. The predicted octanol–water partition coefficient (Wildman–Crippen LogP) is 3.87. The number of aryl methyl sites for hydroxylation is 1. The van der Waals surface area contributed by atoms with Crippen molar-refractivity contribution in [1.82, 2.24) is 19.9 Å². The second-order valence-electron chi connectivity index (χ2n) is 8.31. The van der Waals surface area contributed by atoms with Crippen LogP contribution < -0.4 is 4.90 Å². The molecule has 0 amide bonds. The standard InChI is InChI=1S/C22H23N5O/c1-13-23-9-17(10-24-13)15-6-7-18-19(8-15)27(20(28)22(18,2)3)21-25-11-16(12-26-21)14-4-5-14/h6-12,14,20,28H,4-5H2,1-3H3. The van der Waals surface area contributed by atoms with Crippen molar-refractivity contribution >= 4 is 11.6 Å². The molecule has 28 heavy (non-hydrogen) atoms. The van der Waals surface area contributed by atoms with Crippen LogP contribution in [0.5, 0.6) is 0 Å². The van der Waals surface area contributed by atoms with Gasteiger partial charge >= 0.3 is 0 Å². The molecular formula is C22H23N5O. The Bertz CT molecular complexity index is 1030. The lowest BCUT2D eigenvalue weighted by molar-refractivity contribution is 0.118. The molecule has 0 radical (unpaired) electrons. The third-order valence-electron chi connectivity index (χ3n) is 5.88. The largest absolute Gasteiger partial charge is 0.372 e. The number of aromatic nitrogens is 4. The van der Waals surface area contributed by atoms with Crippen molar-refractivity contribution in [3.63, 3.8) is 0 Å². The second kappa shape index (κ2) is 6.07. The molecule has 1 fully saturated rings. The summed E-state index contributed by atoms with van der Waals surface area (Å²) in [6.45, 7) is 5.96. The molecule has 3 aromatic rings. The van der Waals surface area contributed by atoms with Crippen LogP contribution in [0.25, 0.3) is 11.1 Å². The fourth-order valence-corrected chi connectivity index (χ4v) is 3.89. The Labute approximate surface area is 164 Å². The summed E-state index contributed by atoms with van der Waals surface area (Å²) in [4.78, 5) is 19.6. The fraction of sp³-hybridized carbons (Fsp3) is 0.364. The van der Waals surface area contributed by atoms with Crippen molar-refractivity contribution in [2.75, 3.05) is 4.90 Å². The number of hydrogen-bond donors (Lipinski definition) is 1. The van der Waals surface area contributed by atoms with E-state index in [0.717, 1.165) is 28.2 Å². The van der Waals surface area contributed by atoms with Crippen LogP contribution in [0.4, 0.5) is 11.6 Å². The molecule has 5 rings (SSSR count). The Morgan fingerprint density at radius 1 is 0.964 bits per heavy atom. The number of benzene rings is 1. The van der Waals surface area contributed by atoms with E-state index in [4.69, 9.17) is 0 Å². The summed E-state index contributed by atoms with van der Waals surface area (Å²) in [5.74, 6) is 1.88. The van der Waals surface area contributed by atoms with E-state index in [1.165, 1.54) is 18.4 Å². The number of fused-ring (bicyclic) bond motifs is 1. The topological polar surface area (TPSA) is 75.0 Å². The minimum absolute atomic E-state index is 0.434. The smallest absolute Gasteiger partial charge is 0.232 e. The van der Waals surface area contributed by atoms with Crippen molar-refractivity contribution < 1.29 is 5.11 Å². The first-order chi connectivity index (χ1) is 13.4. The zero-order chi connectivity index (χ0) is 19.5. The Kier molecular flexibility index (Phi) is 3.74. The van der Waals surface area contributed by atoms with Gasteiger partial charge in [0.1, 0.15) is 12.1 Å². The van der Waals surface area contributed by atoms with Crippen LogP contribution in [0.1, 0.15) is 49.6 Å². The van der Waals surface area contributed by atoms with E-state index < -0.39 is 11.6 Å². The van der Waals surface area contributed by atoms with Crippen LogP contribution in [0.3, 0.4) is 0 Å². The van der Waals surface area contributed by atoms with Crippen LogP contribution in [-0.2, 0) is 5.41 Å². The van der Waals surface area contributed by atoms with Crippen molar-refractivity contribution in [2.45, 2.75) is 51.2 Å². The Morgan fingerprint density at radius 3 is 2.29 bits per heavy atom. The van der Waals surface area contributed by atoms with Crippen molar-refractivity contribution in [2.24, 2.45) is 0 Å². The number of nitrogens with zero attached hydrogens (tertiary/aromatic N) is 5. The molecule has 1 aromatic carbocycles. The van der Waals surface area contributed by atoms with Gasteiger partial charge in [-0.05, 0) is 48.4 Å². The molecule has 0 spiro atoms. The molecule has 1 saturated carbocycles. The normalized spacial score (nSPS) is 20.3. The Balaban J connectivity index is 1.59. The van der Waals surface area contributed by atoms with Gasteiger partial charge < -0.3 is 5.11 Å². The molecule has 6 heteroatoms. The fourth-order valence-electron chi connectivity index (χ4n) is 3.89. The number of aliphatic hydroxyl groups is 1. The number of anilines is 2. The lowest BCUT2D eigenvalue weighted by atomic mass is 9.85. The number of hydrogen-bond acceptors (Lipinski definition) is 6. The summed E-state index contributed by atoms with van der Waals surface area (Å²) in [7, 11) is 0. The Hall–Kier alpha value is -2.86. The highest BCUT2D eigenvalue weighted by Crippen LogP contribution is 2.48. The molecule has 1 unspecified atom stereocenters. The molecule has 1 N–H and O–H groups in total. The summed E-state index contributed by atoms with van der Waals surface area (Å²) in [5.41, 5.74) is 4.69. The average Bonchev–Trinajstić information content (AvgIpc) is 3.52. The van der Waals surface area contributed by atoms with Crippen LogP contribution in [0.15, 0.2) is 43.0 Å². The van der Waals surface area contributed by atoms with Crippen LogP contribution in [0, 0.1) is 6.92 Å². The van der Waals surface area contributed by atoms with Gasteiger partial charge in [0.25, 0.3) is 0 Å².